The lowest BCUT2D eigenvalue weighted by atomic mass is 10.1. The summed E-state index contributed by atoms with van der Waals surface area (Å²) < 4.78 is 36.7. The van der Waals surface area contributed by atoms with E-state index in [1.807, 2.05) is 0 Å². The predicted octanol–water partition coefficient (Wildman–Crippen LogP) is 1.82. The summed E-state index contributed by atoms with van der Waals surface area (Å²) in [6, 6.07) is 6.90. The van der Waals surface area contributed by atoms with Gasteiger partial charge in [0.15, 0.2) is 0 Å². The van der Waals surface area contributed by atoms with Gasteiger partial charge in [-0.15, -0.1) is 0 Å². The monoisotopic (exact) mass is 451 g/mol. The Hall–Kier alpha value is -3.25. The fourth-order valence-corrected chi connectivity index (χ4v) is 4.61. The van der Waals surface area contributed by atoms with Gasteiger partial charge in [-0.2, -0.15) is 4.31 Å². The molecule has 1 aliphatic rings. The molecule has 2 aromatic rings. The molecule has 166 valence electrons. The number of ether oxygens (including phenoxy) is 1. The summed E-state index contributed by atoms with van der Waals surface area (Å²) in [4.78, 5) is 36.7. The van der Waals surface area contributed by atoms with Crippen LogP contribution in [0.4, 0.5) is 5.69 Å². The predicted molar refractivity (Wildman–Crippen MR) is 107 cm³/mol. The van der Waals surface area contributed by atoms with E-state index in [2.05, 4.69) is 0 Å². The first-order valence-electron chi connectivity index (χ1n) is 9.47. The molecular weight excluding hydrogens is 430 g/mol. The molecule has 1 saturated heterocycles. The normalized spacial score (nSPS) is 15.0. The molecule has 2 heterocycles. The highest BCUT2D eigenvalue weighted by molar-refractivity contribution is 7.89. The van der Waals surface area contributed by atoms with Crippen LogP contribution in [0.3, 0.4) is 0 Å². The molecule has 0 atom stereocenters. The number of esters is 1. The lowest BCUT2D eigenvalue weighted by Crippen LogP contribution is -2.50. The Morgan fingerprint density at radius 3 is 2.45 bits per heavy atom. The van der Waals surface area contributed by atoms with Gasteiger partial charge < -0.3 is 14.1 Å². The zero-order valence-corrected chi connectivity index (χ0v) is 17.8. The molecule has 0 aliphatic carbocycles. The Morgan fingerprint density at radius 2 is 1.84 bits per heavy atom. The summed E-state index contributed by atoms with van der Waals surface area (Å²) in [5, 5.41) is 11.0. The van der Waals surface area contributed by atoms with Crippen LogP contribution in [0.5, 0.6) is 0 Å². The maximum atomic E-state index is 12.8. The van der Waals surface area contributed by atoms with E-state index in [0.29, 0.717) is 5.56 Å². The third-order valence-electron chi connectivity index (χ3n) is 4.83. The van der Waals surface area contributed by atoms with Crippen LogP contribution in [0.25, 0.3) is 0 Å². The molecule has 12 heteroatoms. The van der Waals surface area contributed by atoms with Crippen molar-refractivity contribution in [2.75, 3.05) is 32.8 Å². The highest BCUT2D eigenvalue weighted by atomic mass is 32.2. The van der Waals surface area contributed by atoms with Crippen LogP contribution in [0, 0.1) is 17.0 Å². The Kier molecular flexibility index (Phi) is 6.41. The van der Waals surface area contributed by atoms with Gasteiger partial charge in [-0.3, -0.25) is 14.9 Å². The van der Waals surface area contributed by atoms with E-state index in [9.17, 15) is 28.1 Å². The van der Waals surface area contributed by atoms with E-state index in [0.717, 1.165) is 4.31 Å². The number of benzene rings is 1. The van der Waals surface area contributed by atoms with Crippen molar-refractivity contribution < 1.29 is 32.1 Å². The van der Waals surface area contributed by atoms with Crippen molar-refractivity contribution in [1.29, 1.82) is 0 Å². The summed E-state index contributed by atoms with van der Waals surface area (Å²) in [5.41, 5.74) is 0.0725. The fourth-order valence-electron chi connectivity index (χ4n) is 3.27. The van der Waals surface area contributed by atoms with Crippen molar-refractivity contribution in [3.63, 3.8) is 0 Å². The van der Waals surface area contributed by atoms with E-state index >= 15 is 0 Å². The largest absolute Gasteiger partial charge is 0.460 e. The number of hydrogen-bond donors (Lipinski definition) is 0. The number of furan rings is 1. The van der Waals surface area contributed by atoms with E-state index in [1.54, 1.807) is 26.0 Å². The minimum Gasteiger partial charge on any atom is -0.460 e. The van der Waals surface area contributed by atoms with Gasteiger partial charge in [0.1, 0.15) is 5.56 Å². The minimum absolute atomic E-state index is 0.0247. The lowest BCUT2D eigenvalue weighted by Gasteiger charge is -2.33. The Morgan fingerprint density at radius 1 is 1.16 bits per heavy atom. The second-order valence-corrected chi connectivity index (χ2v) is 8.63. The van der Waals surface area contributed by atoms with Gasteiger partial charge in [0.05, 0.1) is 11.5 Å². The van der Waals surface area contributed by atoms with E-state index in [1.165, 1.54) is 23.1 Å². The Balaban J connectivity index is 1.72. The molecule has 1 aliphatic heterocycles. The molecule has 1 amide bonds. The zero-order chi connectivity index (χ0) is 22.8. The van der Waals surface area contributed by atoms with E-state index in [-0.39, 0.29) is 49.8 Å². The lowest BCUT2D eigenvalue weighted by molar-refractivity contribution is -0.385. The molecule has 1 fully saturated rings. The molecule has 1 aromatic carbocycles. The number of nitro benzene ring substituents is 1. The number of carbonyl (C=O) groups is 2. The molecule has 11 nitrogen and oxygen atoms in total. The number of nitro groups is 1. The quantitative estimate of drug-likeness (QED) is 0.368. The third-order valence-corrected chi connectivity index (χ3v) is 6.60. The highest BCUT2D eigenvalue weighted by Gasteiger charge is 2.34. The topological polar surface area (TPSA) is 140 Å². The van der Waals surface area contributed by atoms with Gasteiger partial charge in [-0.25, -0.2) is 13.2 Å². The maximum absolute atomic E-state index is 12.8. The molecule has 1 aromatic heterocycles. The number of carbonyl (C=O) groups excluding carboxylic acids is 2. The van der Waals surface area contributed by atoms with Gasteiger partial charge in [-0.05, 0) is 32.0 Å². The van der Waals surface area contributed by atoms with Crippen LogP contribution >= 0.6 is 0 Å². The average Bonchev–Trinajstić information content (AvgIpc) is 3.24. The van der Waals surface area contributed by atoms with Crippen LogP contribution < -0.4 is 0 Å². The van der Waals surface area contributed by atoms with Gasteiger partial charge in [-0.1, -0.05) is 12.1 Å². The second-order valence-electron chi connectivity index (χ2n) is 6.76. The minimum atomic E-state index is -4.02. The Labute approximate surface area is 178 Å². The fraction of sp³-hybridized carbons (Fsp3) is 0.368. The van der Waals surface area contributed by atoms with Crippen molar-refractivity contribution in [2.24, 2.45) is 0 Å². The summed E-state index contributed by atoms with van der Waals surface area (Å²) in [5.74, 6) is -1.52. The molecule has 31 heavy (non-hydrogen) atoms. The number of piperazine rings is 1. The van der Waals surface area contributed by atoms with Gasteiger partial charge in [0.25, 0.3) is 21.6 Å². The average molecular weight is 451 g/mol. The smallest absolute Gasteiger partial charge is 0.374 e. The molecule has 3 rings (SSSR count). The first-order valence-corrected chi connectivity index (χ1v) is 10.9. The van der Waals surface area contributed by atoms with Crippen molar-refractivity contribution in [3.8, 4) is 0 Å². The van der Waals surface area contributed by atoms with Crippen LogP contribution in [0.2, 0.25) is 0 Å². The maximum Gasteiger partial charge on any atom is 0.374 e. The number of amides is 1. The van der Waals surface area contributed by atoms with E-state index < -0.39 is 31.9 Å². The highest BCUT2D eigenvalue weighted by Crippen LogP contribution is 2.26. The summed E-state index contributed by atoms with van der Waals surface area (Å²) >= 11 is 0. The second kappa shape index (κ2) is 8.86. The molecule has 0 saturated carbocycles. The Bertz CT molecular complexity index is 1120. The molecule has 0 spiro atoms. The zero-order valence-electron chi connectivity index (χ0n) is 16.9. The van der Waals surface area contributed by atoms with Crippen LogP contribution in [0.1, 0.15) is 33.4 Å². The molecule has 0 N–H and O–H groups in total. The standard InChI is InChI=1S/C19H21N3O8S/c1-3-29-19(24)15-7-8-16(30-15)31(27,28)21-11-9-20(10-12-21)18(23)14-6-4-5-13(2)17(14)22(25)26/h4-8H,3,9-12H2,1-2H3. The van der Waals surface area contributed by atoms with Crippen LogP contribution in [-0.4, -0.2) is 67.2 Å². The molecule has 0 unspecified atom stereocenters. The van der Waals surface area contributed by atoms with E-state index in [4.69, 9.17) is 9.15 Å². The summed E-state index contributed by atoms with van der Waals surface area (Å²) in [6.07, 6.45) is 0. The number of aryl methyl sites for hydroxylation is 1. The number of para-hydroxylation sites is 1. The van der Waals surface area contributed by atoms with Crippen molar-refractivity contribution in [1.82, 2.24) is 9.21 Å². The van der Waals surface area contributed by atoms with Crippen molar-refractivity contribution in [2.45, 2.75) is 18.9 Å². The van der Waals surface area contributed by atoms with Crippen molar-refractivity contribution in [3.05, 3.63) is 57.3 Å². The first-order chi connectivity index (χ1) is 14.7. The van der Waals surface area contributed by atoms with Crippen LogP contribution in [0.15, 0.2) is 39.8 Å². The SMILES string of the molecule is CCOC(=O)c1ccc(S(=O)(=O)N2CCN(C(=O)c3cccc(C)c3[N+](=O)[O-])CC2)o1. The van der Waals surface area contributed by atoms with Crippen molar-refractivity contribution >= 4 is 27.6 Å². The number of rotatable bonds is 6. The number of sulfonamides is 1. The molecule has 0 bridgehead atoms. The van der Waals surface area contributed by atoms with Gasteiger partial charge >= 0.3 is 5.97 Å². The summed E-state index contributed by atoms with van der Waals surface area (Å²) in [7, 11) is -4.02. The third kappa shape index (κ3) is 4.44. The molecule has 0 radical (unpaired) electrons. The summed E-state index contributed by atoms with van der Waals surface area (Å²) in [6.45, 7) is 3.34. The molecular formula is C19H21N3O8S. The van der Waals surface area contributed by atoms with Gasteiger partial charge in [0, 0.05) is 31.7 Å². The van der Waals surface area contributed by atoms with Crippen LogP contribution in [-0.2, 0) is 14.8 Å². The number of hydrogen-bond acceptors (Lipinski definition) is 8. The number of nitrogens with zero attached hydrogens (tertiary/aromatic N) is 3. The van der Waals surface area contributed by atoms with Gasteiger partial charge in [0.2, 0.25) is 10.9 Å². The first kappa shape index (κ1) is 22.4.